The minimum atomic E-state index is -0.663. The lowest BCUT2D eigenvalue weighted by Gasteiger charge is -2.34. The summed E-state index contributed by atoms with van der Waals surface area (Å²) in [7, 11) is 0. The van der Waals surface area contributed by atoms with Gasteiger partial charge in [-0.1, -0.05) is 6.92 Å². The van der Waals surface area contributed by atoms with E-state index < -0.39 is 5.97 Å². The summed E-state index contributed by atoms with van der Waals surface area (Å²) >= 11 is 1.81. The Balaban J connectivity index is 1.81. The van der Waals surface area contributed by atoms with Crippen molar-refractivity contribution in [2.24, 2.45) is 5.92 Å². The van der Waals surface area contributed by atoms with E-state index in [0.29, 0.717) is 0 Å². The van der Waals surface area contributed by atoms with Gasteiger partial charge >= 0.3 is 5.97 Å². The van der Waals surface area contributed by atoms with Crippen LogP contribution in [0.5, 0.6) is 0 Å². The van der Waals surface area contributed by atoms with E-state index in [2.05, 4.69) is 24.4 Å². The molecule has 3 nitrogen and oxygen atoms in total. The first-order valence-electron chi connectivity index (χ1n) is 5.74. The Morgan fingerprint density at radius 1 is 1.50 bits per heavy atom. The van der Waals surface area contributed by atoms with Gasteiger partial charge in [-0.2, -0.15) is 0 Å². The van der Waals surface area contributed by atoms with Gasteiger partial charge < -0.3 is 10.4 Å². The molecule has 2 atom stereocenters. The van der Waals surface area contributed by atoms with E-state index in [0.717, 1.165) is 25.8 Å². The number of aryl methyl sites for hydroxylation is 1. The van der Waals surface area contributed by atoms with Gasteiger partial charge in [-0.05, 0) is 31.4 Å². The Morgan fingerprint density at radius 2 is 2.25 bits per heavy atom. The maximum atomic E-state index is 10.8. The van der Waals surface area contributed by atoms with E-state index >= 15 is 0 Å². The number of aliphatic carboxylic acids is 1. The quantitative estimate of drug-likeness (QED) is 0.828. The van der Waals surface area contributed by atoms with Gasteiger partial charge in [0.15, 0.2) is 0 Å². The van der Waals surface area contributed by atoms with E-state index in [1.165, 1.54) is 9.75 Å². The van der Waals surface area contributed by atoms with Crippen LogP contribution in [0.1, 0.15) is 29.5 Å². The van der Waals surface area contributed by atoms with Crippen molar-refractivity contribution < 1.29 is 9.90 Å². The smallest absolute Gasteiger partial charge is 0.308 e. The average molecular weight is 239 g/mol. The maximum absolute atomic E-state index is 10.8. The summed E-state index contributed by atoms with van der Waals surface area (Å²) in [6.45, 7) is 2.95. The fourth-order valence-corrected chi connectivity index (χ4v) is 2.89. The van der Waals surface area contributed by atoms with Crippen molar-refractivity contribution in [3.8, 4) is 0 Å². The van der Waals surface area contributed by atoms with Gasteiger partial charge in [0.1, 0.15) is 0 Å². The summed E-state index contributed by atoms with van der Waals surface area (Å²) in [6.07, 6.45) is 2.88. The Bertz CT molecular complexity index is 375. The van der Waals surface area contributed by atoms with Crippen LogP contribution in [-0.4, -0.2) is 17.1 Å². The molecule has 2 rings (SSSR count). The molecule has 16 heavy (non-hydrogen) atoms. The van der Waals surface area contributed by atoms with Crippen molar-refractivity contribution >= 4 is 17.3 Å². The van der Waals surface area contributed by atoms with Crippen molar-refractivity contribution in [3.63, 3.8) is 0 Å². The second kappa shape index (κ2) is 4.97. The molecule has 4 heteroatoms. The normalized spacial score (nSPS) is 24.1. The number of hydrogen-bond donors (Lipinski definition) is 2. The number of carboxylic acids is 1. The summed E-state index contributed by atoms with van der Waals surface area (Å²) in [4.78, 5) is 13.5. The molecule has 0 spiro atoms. The number of carboxylic acid groups (broad SMARTS) is 1. The highest BCUT2D eigenvalue weighted by Gasteiger charge is 2.35. The predicted octanol–water partition coefficient (Wildman–Crippen LogP) is 2.26. The molecule has 0 radical (unpaired) electrons. The molecule has 0 aliphatic heterocycles. The number of nitrogens with one attached hydrogen (secondary N) is 1. The average Bonchev–Trinajstić information content (AvgIpc) is 2.63. The zero-order valence-electron chi connectivity index (χ0n) is 9.40. The molecule has 1 heterocycles. The predicted molar refractivity (Wildman–Crippen MR) is 64.7 cm³/mol. The minimum Gasteiger partial charge on any atom is -0.481 e. The van der Waals surface area contributed by atoms with Gasteiger partial charge in [-0.25, -0.2) is 0 Å². The molecule has 2 N–H and O–H groups in total. The number of carbonyl (C=O) groups is 1. The van der Waals surface area contributed by atoms with Crippen LogP contribution in [0.3, 0.4) is 0 Å². The second-order valence-electron chi connectivity index (χ2n) is 4.23. The molecule has 1 aromatic rings. The molecular formula is C12H17NO2S. The third-order valence-electron chi connectivity index (χ3n) is 3.20. The number of thiophene rings is 1. The van der Waals surface area contributed by atoms with Crippen LogP contribution in [0.4, 0.5) is 0 Å². The highest BCUT2D eigenvalue weighted by molar-refractivity contribution is 7.11. The first-order chi connectivity index (χ1) is 7.70. The van der Waals surface area contributed by atoms with E-state index in [9.17, 15) is 4.79 Å². The second-order valence-corrected chi connectivity index (χ2v) is 5.48. The first-order valence-corrected chi connectivity index (χ1v) is 6.56. The molecule has 0 aromatic carbocycles. The van der Waals surface area contributed by atoms with Gasteiger partial charge in [0.05, 0.1) is 5.92 Å². The van der Waals surface area contributed by atoms with Crippen LogP contribution in [0.2, 0.25) is 0 Å². The summed E-state index contributed by atoms with van der Waals surface area (Å²) in [5.41, 5.74) is 0. The van der Waals surface area contributed by atoms with Crippen LogP contribution in [0.15, 0.2) is 12.1 Å². The van der Waals surface area contributed by atoms with Crippen molar-refractivity contribution in [1.82, 2.24) is 5.32 Å². The lowest BCUT2D eigenvalue weighted by atomic mass is 9.79. The molecule has 1 fully saturated rings. The number of rotatable bonds is 5. The third-order valence-corrected chi connectivity index (χ3v) is 4.43. The summed E-state index contributed by atoms with van der Waals surface area (Å²) in [5, 5.41) is 12.2. The molecule has 88 valence electrons. The van der Waals surface area contributed by atoms with E-state index in [1.54, 1.807) is 0 Å². The van der Waals surface area contributed by atoms with Crippen molar-refractivity contribution in [1.29, 1.82) is 0 Å². The summed E-state index contributed by atoms with van der Waals surface area (Å²) in [5.74, 6) is -0.838. The highest BCUT2D eigenvalue weighted by atomic mass is 32.1. The molecular weight excluding hydrogens is 222 g/mol. The van der Waals surface area contributed by atoms with Crippen LogP contribution < -0.4 is 5.32 Å². The largest absolute Gasteiger partial charge is 0.481 e. The zero-order chi connectivity index (χ0) is 11.5. The Hall–Kier alpha value is -0.870. The molecule has 1 saturated carbocycles. The molecule has 1 aromatic heterocycles. The van der Waals surface area contributed by atoms with Crippen LogP contribution in [-0.2, 0) is 17.8 Å². The standard InChI is InChI=1S/C12H17NO2S/c1-2-8-3-4-9(16-8)7-13-11-6-5-10(11)12(14)15/h3-4,10-11,13H,2,5-7H2,1H3,(H,14,15). The van der Waals surface area contributed by atoms with E-state index in [1.807, 2.05) is 11.3 Å². The van der Waals surface area contributed by atoms with Crippen LogP contribution >= 0.6 is 11.3 Å². The van der Waals surface area contributed by atoms with Gasteiger partial charge in [0.25, 0.3) is 0 Å². The van der Waals surface area contributed by atoms with E-state index in [-0.39, 0.29) is 12.0 Å². The summed E-state index contributed by atoms with van der Waals surface area (Å²) in [6, 6.07) is 4.45. The number of hydrogen-bond acceptors (Lipinski definition) is 3. The van der Waals surface area contributed by atoms with Gasteiger partial charge in [0, 0.05) is 22.3 Å². The Morgan fingerprint density at radius 3 is 2.75 bits per heavy atom. The SMILES string of the molecule is CCc1ccc(CNC2CCC2C(=O)O)s1. The lowest BCUT2D eigenvalue weighted by molar-refractivity contribution is -0.146. The maximum Gasteiger partial charge on any atom is 0.308 e. The van der Waals surface area contributed by atoms with E-state index in [4.69, 9.17) is 5.11 Å². The topological polar surface area (TPSA) is 49.3 Å². The Kier molecular flexibility index (Phi) is 3.61. The highest BCUT2D eigenvalue weighted by Crippen LogP contribution is 2.28. The van der Waals surface area contributed by atoms with Crippen LogP contribution in [0, 0.1) is 5.92 Å². The molecule has 0 bridgehead atoms. The molecule has 0 saturated heterocycles. The minimum absolute atomic E-state index is 0.171. The molecule has 0 amide bonds. The molecule has 2 unspecified atom stereocenters. The third kappa shape index (κ3) is 2.44. The lowest BCUT2D eigenvalue weighted by Crippen LogP contribution is -2.47. The van der Waals surface area contributed by atoms with Crippen molar-refractivity contribution in [2.75, 3.05) is 0 Å². The van der Waals surface area contributed by atoms with Gasteiger partial charge in [-0.3, -0.25) is 4.79 Å². The molecule has 1 aliphatic rings. The molecule has 1 aliphatic carbocycles. The fourth-order valence-electron chi connectivity index (χ4n) is 1.98. The fraction of sp³-hybridized carbons (Fsp3) is 0.583. The Labute approximate surface area is 99.5 Å². The zero-order valence-corrected chi connectivity index (χ0v) is 10.2. The van der Waals surface area contributed by atoms with Gasteiger partial charge in [-0.15, -0.1) is 11.3 Å². The monoisotopic (exact) mass is 239 g/mol. The van der Waals surface area contributed by atoms with Crippen molar-refractivity contribution in [2.45, 2.75) is 38.8 Å². The summed E-state index contributed by atoms with van der Waals surface area (Å²) < 4.78 is 0. The van der Waals surface area contributed by atoms with Gasteiger partial charge in [0.2, 0.25) is 0 Å². The van der Waals surface area contributed by atoms with Crippen LogP contribution in [0.25, 0.3) is 0 Å². The first kappa shape index (κ1) is 11.6. The van der Waals surface area contributed by atoms with Crippen molar-refractivity contribution in [3.05, 3.63) is 21.9 Å².